The molecule has 0 radical (unpaired) electrons. The maximum atomic E-state index is 12.1. The molecule has 1 aliphatic rings. The Balaban J connectivity index is 2.05. The molecule has 0 atom stereocenters. The van der Waals surface area contributed by atoms with Crippen LogP contribution in [0.5, 0.6) is 0 Å². The molecule has 0 bridgehead atoms. The van der Waals surface area contributed by atoms with Crippen molar-refractivity contribution in [2.24, 2.45) is 7.05 Å². The van der Waals surface area contributed by atoms with E-state index < -0.39 is 0 Å². The van der Waals surface area contributed by atoms with Crippen LogP contribution in [0.15, 0.2) is 12.4 Å². The zero-order valence-corrected chi connectivity index (χ0v) is 11.7. The Morgan fingerprint density at radius 2 is 2.24 bits per heavy atom. The third kappa shape index (κ3) is 2.89. The molecular formula is C12H18BrN3O. The minimum Gasteiger partial charge on any atom is -0.346 e. The summed E-state index contributed by atoms with van der Waals surface area (Å²) < 4.78 is 1.65. The number of nitrogens with one attached hydrogen (secondary N) is 1. The first-order valence-electron chi connectivity index (χ1n) is 6.02. The molecule has 94 valence electrons. The Morgan fingerprint density at radius 1 is 1.53 bits per heavy atom. The molecule has 2 rings (SSSR count). The number of nitrogens with zero attached hydrogens (tertiary/aromatic N) is 2. The highest BCUT2D eigenvalue weighted by Gasteiger charge is 2.32. The number of rotatable bonds is 3. The smallest absolute Gasteiger partial charge is 0.254 e. The Morgan fingerprint density at radius 3 is 2.76 bits per heavy atom. The number of aromatic nitrogens is 2. The summed E-state index contributed by atoms with van der Waals surface area (Å²) in [6.07, 6.45) is 9.14. The highest BCUT2D eigenvalue weighted by atomic mass is 79.9. The number of amides is 1. The van der Waals surface area contributed by atoms with Crippen molar-refractivity contribution < 1.29 is 4.79 Å². The lowest BCUT2D eigenvalue weighted by Crippen LogP contribution is -2.51. The van der Waals surface area contributed by atoms with Gasteiger partial charge in [0.25, 0.3) is 5.91 Å². The molecule has 1 aliphatic carbocycles. The minimum atomic E-state index is -0.0643. The predicted molar refractivity (Wildman–Crippen MR) is 70.3 cm³/mol. The number of carbonyl (C=O) groups is 1. The van der Waals surface area contributed by atoms with Gasteiger partial charge in [-0.05, 0) is 12.8 Å². The number of hydrogen-bond donors (Lipinski definition) is 1. The van der Waals surface area contributed by atoms with Gasteiger partial charge in [0.2, 0.25) is 0 Å². The molecule has 0 saturated heterocycles. The van der Waals surface area contributed by atoms with Crippen molar-refractivity contribution >= 4 is 21.8 Å². The number of hydrogen-bond acceptors (Lipinski definition) is 2. The fourth-order valence-electron chi connectivity index (χ4n) is 2.37. The molecule has 1 fully saturated rings. The van der Waals surface area contributed by atoms with Crippen LogP contribution in [-0.2, 0) is 7.05 Å². The van der Waals surface area contributed by atoms with Gasteiger partial charge < -0.3 is 5.32 Å². The molecule has 4 nitrogen and oxygen atoms in total. The van der Waals surface area contributed by atoms with Gasteiger partial charge in [-0.3, -0.25) is 9.48 Å². The molecule has 1 amide bonds. The van der Waals surface area contributed by atoms with E-state index in [1.54, 1.807) is 17.1 Å². The van der Waals surface area contributed by atoms with E-state index in [4.69, 9.17) is 0 Å². The number of alkyl halides is 1. The van der Waals surface area contributed by atoms with Crippen molar-refractivity contribution in [2.45, 2.75) is 37.6 Å². The maximum Gasteiger partial charge on any atom is 0.254 e. The van der Waals surface area contributed by atoms with Crippen molar-refractivity contribution in [1.82, 2.24) is 15.1 Å². The summed E-state index contributed by atoms with van der Waals surface area (Å²) in [6.45, 7) is 0. The van der Waals surface area contributed by atoms with E-state index in [9.17, 15) is 4.79 Å². The number of carbonyl (C=O) groups excluding carboxylic acids is 1. The number of aryl methyl sites for hydroxylation is 1. The van der Waals surface area contributed by atoms with Gasteiger partial charge in [0, 0.05) is 18.6 Å². The summed E-state index contributed by atoms with van der Waals surface area (Å²) in [5.74, 6) is -0.0144. The number of halogens is 1. The second-order valence-corrected chi connectivity index (χ2v) is 5.39. The van der Waals surface area contributed by atoms with E-state index in [1.165, 1.54) is 19.3 Å². The summed E-state index contributed by atoms with van der Waals surface area (Å²) in [5.41, 5.74) is 0.573. The Labute approximate surface area is 110 Å². The average molecular weight is 300 g/mol. The first-order chi connectivity index (χ1) is 8.15. The second kappa shape index (κ2) is 5.21. The standard InChI is InChI=1S/C12H18BrN3O/c1-16-8-10(7-14-16)11(17)15-12(9-13)5-3-2-4-6-12/h7-8H,2-6,9H2,1H3,(H,15,17). The van der Waals surface area contributed by atoms with Gasteiger partial charge in [-0.25, -0.2) is 0 Å². The van der Waals surface area contributed by atoms with Crippen molar-refractivity contribution in [3.8, 4) is 0 Å². The summed E-state index contributed by atoms with van der Waals surface area (Å²) in [5, 5.41) is 8.02. The topological polar surface area (TPSA) is 46.9 Å². The van der Waals surface area contributed by atoms with Crippen LogP contribution < -0.4 is 5.32 Å². The fourth-order valence-corrected chi connectivity index (χ4v) is 3.07. The van der Waals surface area contributed by atoms with Gasteiger partial charge in [0.15, 0.2) is 0 Å². The van der Waals surface area contributed by atoms with E-state index in [1.807, 2.05) is 7.05 Å². The Kier molecular flexibility index (Phi) is 3.86. The van der Waals surface area contributed by atoms with Crippen molar-refractivity contribution in [1.29, 1.82) is 0 Å². The van der Waals surface area contributed by atoms with E-state index in [2.05, 4.69) is 26.3 Å². The third-order valence-corrected chi connectivity index (χ3v) is 4.49. The fraction of sp³-hybridized carbons (Fsp3) is 0.667. The lowest BCUT2D eigenvalue weighted by atomic mass is 9.83. The van der Waals surface area contributed by atoms with Gasteiger partial charge in [-0.1, -0.05) is 35.2 Å². The molecule has 1 saturated carbocycles. The zero-order chi connectivity index (χ0) is 12.3. The van der Waals surface area contributed by atoms with Crippen LogP contribution >= 0.6 is 15.9 Å². The summed E-state index contributed by atoms with van der Waals surface area (Å²) in [7, 11) is 1.82. The Bertz CT molecular complexity index is 396. The van der Waals surface area contributed by atoms with Crippen molar-refractivity contribution in [3.63, 3.8) is 0 Å². The van der Waals surface area contributed by atoms with Crippen LogP contribution in [0.25, 0.3) is 0 Å². The molecule has 1 heterocycles. The molecule has 0 aromatic carbocycles. The van der Waals surface area contributed by atoms with E-state index >= 15 is 0 Å². The lowest BCUT2D eigenvalue weighted by molar-refractivity contribution is 0.0886. The van der Waals surface area contributed by atoms with Crippen LogP contribution in [-0.4, -0.2) is 26.6 Å². The molecule has 17 heavy (non-hydrogen) atoms. The van der Waals surface area contributed by atoms with Gasteiger partial charge >= 0.3 is 0 Å². The van der Waals surface area contributed by atoms with Gasteiger partial charge in [0.05, 0.1) is 17.3 Å². The van der Waals surface area contributed by atoms with Crippen LogP contribution in [0, 0.1) is 0 Å². The molecule has 5 heteroatoms. The van der Waals surface area contributed by atoms with Crippen LogP contribution in [0.4, 0.5) is 0 Å². The van der Waals surface area contributed by atoms with E-state index in [-0.39, 0.29) is 11.4 Å². The van der Waals surface area contributed by atoms with E-state index in [0.717, 1.165) is 18.2 Å². The summed E-state index contributed by atoms with van der Waals surface area (Å²) >= 11 is 3.54. The third-order valence-electron chi connectivity index (χ3n) is 3.41. The summed E-state index contributed by atoms with van der Waals surface area (Å²) in [4.78, 5) is 12.1. The van der Waals surface area contributed by atoms with E-state index in [0.29, 0.717) is 5.56 Å². The van der Waals surface area contributed by atoms with Crippen LogP contribution in [0.2, 0.25) is 0 Å². The van der Waals surface area contributed by atoms with Gasteiger partial charge in [0.1, 0.15) is 0 Å². The highest BCUT2D eigenvalue weighted by Crippen LogP contribution is 2.30. The molecule has 0 spiro atoms. The normalized spacial score (nSPS) is 18.9. The quantitative estimate of drug-likeness (QED) is 0.870. The molecule has 0 aliphatic heterocycles. The zero-order valence-electron chi connectivity index (χ0n) is 10.1. The van der Waals surface area contributed by atoms with Crippen molar-refractivity contribution in [3.05, 3.63) is 18.0 Å². The SMILES string of the molecule is Cn1cc(C(=O)NC2(CBr)CCCCC2)cn1. The predicted octanol–water partition coefficient (Wildman–Crippen LogP) is 2.25. The molecule has 1 aromatic heterocycles. The van der Waals surface area contributed by atoms with Gasteiger partial charge in [-0.2, -0.15) is 5.10 Å². The first-order valence-corrected chi connectivity index (χ1v) is 7.14. The monoisotopic (exact) mass is 299 g/mol. The first kappa shape index (κ1) is 12.6. The summed E-state index contributed by atoms with van der Waals surface area (Å²) in [6, 6.07) is 0. The van der Waals surface area contributed by atoms with Crippen LogP contribution in [0.3, 0.4) is 0 Å². The maximum absolute atomic E-state index is 12.1. The molecule has 1 aromatic rings. The molecule has 0 unspecified atom stereocenters. The van der Waals surface area contributed by atoms with Crippen LogP contribution in [0.1, 0.15) is 42.5 Å². The molecule has 1 N–H and O–H groups in total. The van der Waals surface area contributed by atoms with Gasteiger partial charge in [-0.15, -0.1) is 0 Å². The second-order valence-electron chi connectivity index (χ2n) is 4.83. The van der Waals surface area contributed by atoms with Crippen molar-refractivity contribution in [2.75, 3.05) is 5.33 Å². The Hall–Kier alpha value is -0.840. The molecular weight excluding hydrogens is 282 g/mol. The largest absolute Gasteiger partial charge is 0.346 e. The minimum absolute atomic E-state index is 0.0144. The average Bonchev–Trinajstić information content (AvgIpc) is 2.77. The lowest BCUT2D eigenvalue weighted by Gasteiger charge is -2.36. The highest BCUT2D eigenvalue weighted by molar-refractivity contribution is 9.09.